The number of hydrogen-bond acceptors (Lipinski definition) is 2. The fourth-order valence-electron chi connectivity index (χ4n) is 1.84. The lowest BCUT2D eigenvalue weighted by molar-refractivity contribution is 0.139. The van der Waals surface area contributed by atoms with Crippen LogP contribution in [0, 0.1) is 6.92 Å². The van der Waals surface area contributed by atoms with Gasteiger partial charge < -0.3 is 10.1 Å². The maximum atomic E-state index is 5.43. The largest absolute Gasteiger partial charge is 0.382 e. The van der Waals surface area contributed by atoms with E-state index in [-0.39, 0.29) is 0 Å². The van der Waals surface area contributed by atoms with Crippen LogP contribution in [0.25, 0.3) is 0 Å². The van der Waals surface area contributed by atoms with Crippen molar-refractivity contribution < 1.29 is 4.74 Å². The summed E-state index contributed by atoms with van der Waals surface area (Å²) in [6, 6.07) is 8.81. The SMILES string of the molecule is CCOCCC(CNC)c1ccc(C)cc1. The second-order valence-corrected chi connectivity index (χ2v) is 4.15. The highest BCUT2D eigenvalue weighted by molar-refractivity contribution is 5.24. The molecule has 0 aliphatic carbocycles. The van der Waals surface area contributed by atoms with Gasteiger partial charge in [0.25, 0.3) is 0 Å². The second kappa shape index (κ2) is 7.42. The van der Waals surface area contributed by atoms with Crippen LogP contribution in [0.5, 0.6) is 0 Å². The molecular formula is C14H23NO. The predicted octanol–water partition coefficient (Wildman–Crippen LogP) is 2.72. The Morgan fingerprint density at radius 1 is 1.25 bits per heavy atom. The number of aryl methyl sites for hydroxylation is 1. The molecule has 16 heavy (non-hydrogen) atoms. The van der Waals surface area contributed by atoms with E-state index >= 15 is 0 Å². The second-order valence-electron chi connectivity index (χ2n) is 4.15. The topological polar surface area (TPSA) is 21.3 Å². The molecule has 0 aliphatic heterocycles. The van der Waals surface area contributed by atoms with Crippen molar-refractivity contribution in [3.63, 3.8) is 0 Å². The van der Waals surface area contributed by atoms with E-state index in [2.05, 4.69) is 36.5 Å². The van der Waals surface area contributed by atoms with Crippen LogP contribution in [-0.4, -0.2) is 26.8 Å². The zero-order chi connectivity index (χ0) is 11.8. The summed E-state index contributed by atoms with van der Waals surface area (Å²) in [5.74, 6) is 0.553. The molecule has 0 saturated heterocycles. The molecule has 90 valence electrons. The Morgan fingerprint density at radius 3 is 2.50 bits per heavy atom. The van der Waals surface area contributed by atoms with Gasteiger partial charge in [0.05, 0.1) is 0 Å². The molecule has 0 heterocycles. The molecule has 0 fully saturated rings. The summed E-state index contributed by atoms with van der Waals surface area (Å²) in [4.78, 5) is 0. The first-order valence-corrected chi connectivity index (χ1v) is 6.06. The van der Waals surface area contributed by atoms with Gasteiger partial charge in [0.2, 0.25) is 0 Å². The Balaban J connectivity index is 2.57. The Labute approximate surface area is 99.0 Å². The van der Waals surface area contributed by atoms with Crippen molar-refractivity contribution in [2.75, 3.05) is 26.8 Å². The highest BCUT2D eigenvalue weighted by Crippen LogP contribution is 2.19. The van der Waals surface area contributed by atoms with Gasteiger partial charge in [-0.1, -0.05) is 29.8 Å². The molecule has 0 spiro atoms. The number of hydrogen-bond donors (Lipinski definition) is 1. The zero-order valence-electron chi connectivity index (χ0n) is 10.6. The van der Waals surface area contributed by atoms with Gasteiger partial charge in [-0.25, -0.2) is 0 Å². The first-order chi connectivity index (χ1) is 7.77. The first kappa shape index (κ1) is 13.2. The molecular weight excluding hydrogens is 198 g/mol. The molecule has 1 rings (SSSR count). The van der Waals surface area contributed by atoms with Crippen molar-refractivity contribution in [2.45, 2.75) is 26.2 Å². The van der Waals surface area contributed by atoms with Crippen LogP contribution in [0.4, 0.5) is 0 Å². The van der Waals surface area contributed by atoms with Crippen LogP contribution in [-0.2, 0) is 4.74 Å². The number of benzene rings is 1. The normalized spacial score (nSPS) is 12.7. The quantitative estimate of drug-likeness (QED) is 0.715. The summed E-state index contributed by atoms with van der Waals surface area (Å²) < 4.78 is 5.43. The van der Waals surface area contributed by atoms with Gasteiger partial charge in [-0.3, -0.25) is 0 Å². The van der Waals surface area contributed by atoms with E-state index in [0.717, 1.165) is 26.2 Å². The predicted molar refractivity (Wildman–Crippen MR) is 69.0 cm³/mol. The highest BCUT2D eigenvalue weighted by Gasteiger charge is 2.09. The Kier molecular flexibility index (Phi) is 6.12. The standard InChI is InChI=1S/C14H23NO/c1-4-16-10-9-14(11-15-3)13-7-5-12(2)6-8-13/h5-8,14-15H,4,9-11H2,1-3H3. The Bertz CT molecular complexity index is 281. The average Bonchev–Trinajstić information content (AvgIpc) is 2.29. The first-order valence-electron chi connectivity index (χ1n) is 6.06. The van der Waals surface area contributed by atoms with E-state index in [4.69, 9.17) is 4.74 Å². The summed E-state index contributed by atoms with van der Waals surface area (Å²) in [6.07, 6.45) is 1.08. The highest BCUT2D eigenvalue weighted by atomic mass is 16.5. The average molecular weight is 221 g/mol. The van der Waals surface area contributed by atoms with E-state index in [9.17, 15) is 0 Å². The van der Waals surface area contributed by atoms with E-state index in [1.165, 1.54) is 11.1 Å². The third-order valence-corrected chi connectivity index (χ3v) is 2.81. The summed E-state index contributed by atoms with van der Waals surface area (Å²) in [6.45, 7) is 6.82. The van der Waals surface area contributed by atoms with Crippen molar-refractivity contribution >= 4 is 0 Å². The zero-order valence-corrected chi connectivity index (χ0v) is 10.6. The maximum absolute atomic E-state index is 5.43. The fraction of sp³-hybridized carbons (Fsp3) is 0.571. The minimum atomic E-state index is 0.553. The van der Waals surface area contributed by atoms with Crippen LogP contribution in [0.15, 0.2) is 24.3 Å². The van der Waals surface area contributed by atoms with E-state index in [1.807, 2.05) is 14.0 Å². The summed E-state index contributed by atoms with van der Waals surface area (Å²) in [7, 11) is 2.00. The number of nitrogens with one attached hydrogen (secondary N) is 1. The van der Waals surface area contributed by atoms with Crippen molar-refractivity contribution in [1.82, 2.24) is 5.32 Å². The Morgan fingerprint density at radius 2 is 1.94 bits per heavy atom. The molecule has 0 aromatic heterocycles. The molecule has 1 aromatic carbocycles. The van der Waals surface area contributed by atoms with Crippen molar-refractivity contribution in [3.05, 3.63) is 35.4 Å². The van der Waals surface area contributed by atoms with Crippen LogP contribution >= 0.6 is 0 Å². The van der Waals surface area contributed by atoms with Crippen molar-refractivity contribution in [2.24, 2.45) is 0 Å². The van der Waals surface area contributed by atoms with Crippen LogP contribution in [0.1, 0.15) is 30.4 Å². The van der Waals surface area contributed by atoms with Crippen LogP contribution < -0.4 is 5.32 Å². The van der Waals surface area contributed by atoms with Crippen molar-refractivity contribution in [1.29, 1.82) is 0 Å². The molecule has 0 saturated carbocycles. The smallest absolute Gasteiger partial charge is 0.0472 e. The van der Waals surface area contributed by atoms with Crippen LogP contribution in [0.2, 0.25) is 0 Å². The van der Waals surface area contributed by atoms with Gasteiger partial charge >= 0.3 is 0 Å². The fourth-order valence-corrected chi connectivity index (χ4v) is 1.84. The lowest BCUT2D eigenvalue weighted by atomic mass is 9.95. The van der Waals surface area contributed by atoms with Crippen LogP contribution in [0.3, 0.4) is 0 Å². The summed E-state index contributed by atoms with van der Waals surface area (Å²) in [5.41, 5.74) is 2.72. The maximum Gasteiger partial charge on any atom is 0.0472 e. The van der Waals surface area contributed by atoms with Gasteiger partial charge in [-0.15, -0.1) is 0 Å². The number of rotatable bonds is 7. The molecule has 1 unspecified atom stereocenters. The van der Waals surface area contributed by atoms with E-state index in [1.54, 1.807) is 0 Å². The van der Waals surface area contributed by atoms with Gasteiger partial charge in [-0.2, -0.15) is 0 Å². The lowest BCUT2D eigenvalue weighted by Crippen LogP contribution is -2.18. The third kappa shape index (κ3) is 4.33. The van der Waals surface area contributed by atoms with E-state index in [0.29, 0.717) is 5.92 Å². The van der Waals surface area contributed by atoms with E-state index < -0.39 is 0 Å². The Hall–Kier alpha value is -0.860. The molecule has 2 heteroatoms. The molecule has 0 radical (unpaired) electrons. The van der Waals surface area contributed by atoms with Gasteiger partial charge in [-0.05, 0) is 38.8 Å². The van der Waals surface area contributed by atoms with Gasteiger partial charge in [0.1, 0.15) is 0 Å². The molecule has 1 atom stereocenters. The molecule has 0 aliphatic rings. The van der Waals surface area contributed by atoms with Crippen molar-refractivity contribution in [3.8, 4) is 0 Å². The number of ether oxygens (including phenoxy) is 1. The summed E-state index contributed by atoms with van der Waals surface area (Å²) >= 11 is 0. The number of likely N-dealkylation sites (N-methyl/N-ethyl adjacent to an activating group) is 1. The molecule has 1 aromatic rings. The third-order valence-electron chi connectivity index (χ3n) is 2.81. The van der Waals surface area contributed by atoms with Gasteiger partial charge in [0, 0.05) is 19.8 Å². The minimum absolute atomic E-state index is 0.553. The molecule has 0 bridgehead atoms. The molecule has 1 N–H and O–H groups in total. The summed E-state index contributed by atoms with van der Waals surface area (Å²) in [5, 5.41) is 3.25. The lowest BCUT2D eigenvalue weighted by Gasteiger charge is -2.17. The monoisotopic (exact) mass is 221 g/mol. The molecule has 2 nitrogen and oxygen atoms in total. The minimum Gasteiger partial charge on any atom is -0.382 e. The van der Waals surface area contributed by atoms with Gasteiger partial charge in [0.15, 0.2) is 0 Å². The molecule has 0 amide bonds.